The van der Waals surface area contributed by atoms with Gasteiger partial charge in [0.1, 0.15) is 5.82 Å². The highest BCUT2D eigenvalue weighted by atomic mass is 16.2. The third kappa shape index (κ3) is 3.28. The molecule has 0 spiro atoms. The number of carbonyl (C=O) groups excluding carboxylic acids is 1. The van der Waals surface area contributed by atoms with Gasteiger partial charge in [-0.2, -0.15) is 0 Å². The minimum Gasteiger partial charge on any atom is -0.363 e. The van der Waals surface area contributed by atoms with Crippen molar-refractivity contribution in [3.63, 3.8) is 0 Å². The zero-order chi connectivity index (χ0) is 14.7. The molecule has 0 saturated carbocycles. The van der Waals surface area contributed by atoms with E-state index in [0.717, 1.165) is 31.0 Å². The van der Waals surface area contributed by atoms with E-state index in [1.807, 2.05) is 31.3 Å². The first-order valence-corrected chi connectivity index (χ1v) is 7.13. The van der Waals surface area contributed by atoms with Crippen LogP contribution in [-0.4, -0.2) is 49.0 Å². The monoisotopic (exact) mass is 276 g/mol. The largest absolute Gasteiger partial charge is 0.363 e. The molecule has 20 heavy (non-hydrogen) atoms. The maximum atomic E-state index is 12.0. The van der Waals surface area contributed by atoms with Gasteiger partial charge in [0.2, 0.25) is 5.91 Å². The molecule has 1 aliphatic rings. The summed E-state index contributed by atoms with van der Waals surface area (Å²) in [6.07, 6.45) is 1.90. The van der Waals surface area contributed by atoms with Crippen LogP contribution >= 0.6 is 0 Å². The molecule has 0 aromatic carbocycles. The molecule has 1 fully saturated rings. The second-order valence-corrected chi connectivity index (χ2v) is 5.87. The van der Waals surface area contributed by atoms with Crippen LogP contribution in [0, 0.1) is 5.92 Å². The molecule has 2 heterocycles. The van der Waals surface area contributed by atoms with Gasteiger partial charge in [0, 0.05) is 39.9 Å². The van der Waals surface area contributed by atoms with Crippen LogP contribution < -0.4 is 10.2 Å². The van der Waals surface area contributed by atoms with Crippen LogP contribution in [0.5, 0.6) is 0 Å². The van der Waals surface area contributed by atoms with Crippen LogP contribution in [0.3, 0.4) is 0 Å². The molecule has 1 aromatic heterocycles. The van der Waals surface area contributed by atoms with E-state index in [0.29, 0.717) is 5.92 Å². The third-order valence-electron chi connectivity index (χ3n) is 3.64. The lowest BCUT2D eigenvalue weighted by atomic mass is 9.99. The van der Waals surface area contributed by atoms with E-state index in [9.17, 15) is 4.79 Å². The molecule has 0 aliphatic carbocycles. The summed E-state index contributed by atoms with van der Waals surface area (Å²) in [5.41, 5.74) is 1.15. The van der Waals surface area contributed by atoms with Crippen molar-refractivity contribution in [2.45, 2.75) is 26.4 Å². The average Bonchev–Trinajstić information content (AvgIpc) is 2.39. The summed E-state index contributed by atoms with van der Waals surface area (Å²) in [5.74, 6) is 1.40. The van der Waals surface area contributed by atoms with E-state index in [4.69, 9.17) is 0 Å². The standard InChI is InChI=1S/C15H24N4O/c1-11(2)14-15(20)16-7-8-19(14)10-12-5-6-13(17-9-12)18(3)4/h5-6,9,11,14H,7-8,10H2,1-4H3,(H,16,20). The van der Waals surface area contributed by atoms with Gasteiger partial charge < -0.3 is 10.2 Å². The number of pyridine rings is 1. The second kappa shape index (κ2) is 6.22. The van der Waals surface area contributed by atoms with Gasteiger partial charge in [-0.3, -0.25) is 9.69 Å². The molecular formula is C15H24N4O. The number of amides is 1. The Bertz CT molecular complexity index is 455. The molecular weight excluding hydrogens is 252 g/mol. The summed E-state index contributed by atoms with van der Waals surface area (Å²) in [6, 6.07) is 4.06. The smallest absolute Gasteiger partial charge is 0.237 e. The van der Waals surface area contributed by atoms with Gasteiger partial charge in [0.15, 0.2) is 0 Å². The summed E-state index contributed by atoms with van der Waals surface area (Å²) >= 11 is 0. The number of nitrogens with one attached hydrogen (secondary N) is 1. The highest BCUT2D eigenvalue weighted by Crippen LogP contribution is 2.18. The number of nitrogens with zero attached hydrogens (tertiary/aromatic N) is 3. The lowest BCUT2D eigenvalue weighted by Crippen LogP contribution is -2.56. The minimum atomic E-state index is -0.0442. The van der Waals surface area contributed by atoms with Crippen LogP contribution in [0.2, 0.25) is 0 Å². The van der Waals surface area contributed by atoms with Gasteiger partial charge in [-0.05, 0) is 17.5 Å². The molecule has 1 aromatic rings. The Labute approximate surface area is 121 Å². The first kappa shape index (κ1) is 14.8. The Morgan fingerprint density at radius 3 is 2.75 bits per heavy atom. The SMILES string of the molecule is CC(C)C1C(=O)NCCN1Cc1ccc(N(C)C)nc1. The fraction of sp³-hybridized carbons (Fsp3) is 0.600. The van der Waals surface area contributed by atoms with Crippen molar-refractivity contribution in [3.05, 3.63) is 23.9 Å². The summed E-state index contributed by atoms with van der Waals surface area (Å²) in [7, 11) is 3.96. The number of rotatable bonds is 4. The quantitative estimate of drug-likeness (QED) is 0.895. The Kier molecular flexibility index (Phi) is 4.60. The summed E-state index contributed by atoms with van der Waals surface area (Å²) in [6.45, 7) is 6.58. The predicted octanol–water partition coefficient (Wildman–Crippen LogP) is 1.10. The van der Waals surface area contributed by atoms with Crippen molar-refractivity contribution in [1.82, 2.24) is 15.2 Å². The normalized spacial score (nSPS) is 20.1. The van der Waals surface area contributed by atoms with E-state index in [1.54, 1.807) is 0 Å². The maximum Gasteiger partial charge on any atom is 0.237 e. The summed E-state index contributed by atoms with van der Waals surface area (Å²) in [4.78, 5) is 20.7. The summed E-state index contributed by atoms with van der Waals surface area (Å²) < 4.78 is 0. The Morgan fingerprint density at radius 1 is 1.45 bits per heavy atom. The van der Waals surface area contributed by atoms with E-state index in [2.05, 4.69) is 35.1 Å². The first-order valence-electron chi connectivity index (χ1n) is 7.13. The number of piperazine rings is 1. The van der Waals surface area contributed by atoms with E-state index in [1.165, 1.54) is 0 Å². The van der Waals surface area contributed by atoms with Crippen molar-refractivity contribution in [2.24, 2.45) is 5.92 Å². The minimum absolute atomic E-state index is 0.0442. The number of aromatic nitrogens is 1. The van der Waals surface area contributed by atoms with Gasteiger partial charge in [0.25, 0.3) is 0 Å². The van der Waals surface area contributed by atoms with Crippen LogP contribution in [-0.2, 0) is 11.3 Å². The zero-order valence-corrected chi connectivity index (χ0v) is 12.8. The van der Waals surface area contributed by atoms with Crippen molar-refractivity contribution in [2.75, 3.05) is 32.1 Å². The number of carbonyl (C=O) groups is 1. The molecule has 2 rings (SSSR count). The molecule has 0 radical (unpaired) electrons. The van der Waals surface area contributed by atoms with Gasteiger partial charge in [-0.1, -0.05) is 19.9 Å². The van der Waals surface area contributed by atoms with E-state index in [-0.39, 0.29) is 11.9 Å². The van der Waals surface area contributed by atoms with Crippen molar-refractivity contribution >= 4 is 11.7 Å². The Hall–Kier alpha value is -1.62. The fourth-order valence-corrected chi connectivity index (χ4v) is 2.64. The van der Waals surface area contributed by atoms with E-state index < -0.39 is 0 Å². The highest BCUT2D eigenvalue weighted by molar-refractivity contribution is 5.82. The lowest BCUT2D eigenvalue weighted by Gasteiger charge is -2.37. The van der Waals surface area contributed by atoms with E-state index >= 15 is 0 Å². The van der Waals surface area contributed by atoms with Gasteiger partial charge in [-0.25, -0.2) is 4.98 Å². The first-order chi connectivity index (χ1) is 9.49. The molecule has 1 amide bonds. The number of hydrogen-bond acceptors (Lipinski definition) is 4. The van der Waals surface area contributed by atoms with Crippen molar-refractivity contribution in [1.29, 1.82) is 0 Å². The second-order valence-electron chi connectivity index (χ2n) is 5.87. The Balaban J connectivity index is 2.09. The predicted molar refractivity (Wildman–Crippen MR) is 80.6 cm³/mol. The summed E-state index contributed by atoms with van der Waals surface area (Å²) in [5, 5.41) is 2.95. The maximum absolute atomic E-state index is 12.0. The highest BCUT2D eigenvalue weighted by Gasteiger charge is 2.31. The Morgan fingerprint density at radius 2 is 2.20 bits per heavy atom. The molecule has 110 valence electrons. The fourth-order valence-electron chi connectivity index (χ4n) is 2.64. The van der Waals surface area contributed by atoms with Crippen molar-refractivity contribution in [3.8, 4) is 0 Å². The average molecular weight is 276 g/mol. The van der Waals surface area contributed by atoms with Crippen molar-refractivity contribution < 1.29 is 4.79 Å². The number of hydrogen-bond donors (Lipinski definition) is 1. The van der Waals surface area contributed by atoms with Gasteiger partial charge >= 0.3 is 0 Å². The molecule has 1 aliphatic heterocycles. The molecule has 1 unspecified atom stereocenters. The van der Waals surface area contributed by atoms with Crippen LogP contribution in [0.25, 0.3) is 0 Å². The van der Waals surface area contributed by atoms with Crippen LogP contribution in [0.1, 0.15) is 19.4 Å². The van der Waals surface area contributed by atoms with Crippen LogP contribution in [0.4, 0.5) is 5.82 Å². The molecule has 5 heteroatoms. The van der Waals surface area contributed by atoms with Crippen LogP contribution in [0.15, 0.2) is 18.3 Å². The zero-order valence-electron chi connectivity index (χ0n) is 12.8. The third-order valence-corrected chi connectivity index (χ3v) is 3.64. The molecule has 1 saturated heterocycles. The molecule has 1 atom stereocenters. The molecule has 5 nitrogen and oxygen atoms in total. The van der Waals surface area contributed by atoms with Gasteiger partial charge in [-0.15, -0.1) is 0 Å². The van der Waals surface area contributed by atoms with Gasteiger partial charge in [0.05, 0.1) is 6.04 Å². The molecule has 1 N–H and O–H groups in total. The lowest BCUT2D eigenvalue weighted by molar-refractivity contribution is -0.131. The number of anilines is 1. The topological polar surface area (TPSA) is 48.5 Å². The molecule has 0 bridgehead atoms.